The fraction of sp³-hybridized carbons (Fsp3) is 0.520. The Morgan fingerprint density at radius 2 is 1.91 bits per heavy atom. The van der Waals surface area contributed by atoms with E-state index in [-0.39, 0.29) is 23.2 Å². The number of aryl methyl sites for hydroxylation is 1. The van der Waals surface area contributed by atoms with E-state index in [9.17, 15) is 14.7 Å². The Labute approximate surface area is 199 Å². The third kappa shape index (κ3) is 5.80. The van der Waals surface area contributed by atoms with E-state index in [1.165, 1.54) is 0 Å². The summed E-state index contributed by atoms with van der Waals surface area (Å²) < 4.78 is 12.1. The number of carbonyl (C=O) groups excluding carboxylic acids is 1. The Morgan fingerprint density at radius 3 is 2.48 bits per heavy atom. The largest absolute Gasteiger partial charge is 0.507 e. The number of thioether (sulfide) groups is 1. The molecule has 1 N–H and O–H groups in total. The van der Waals surface area contributed by atoms with E-state index >= 15 is 0 Å². The van der Waals surface area contributed by atoms with E-state index in [4.69, 9.17) is 9.47 Å². The molecule has 33 heavy (non-hydrogen) atoms. The number of esters is 1. The van der Waals surface area contributed by atoms with Crippen LogP contribution < -0.4 is 5.56 Å². The molecular formula is C25H34N2O5S. The van der Waals surface area contributed by atoms with Crippen LogP contribution in [-0.4, -0.2) is 60.2 Å². The molecule has 8 heteroatoms. The summed E-state index contributed by atoms with van der Waals surface area (Å²) in [5, 5.41) is 10.9. The monoisotopic (exact) mass is 474 g/mol. The molecule has 1 atom stereocenters. The van der Waals surface area contributed by atoms with E-state index in [0.717, 1.165) is 10.5 Å². The molecule has 0 radical (unpaired) electrons. The maximum absolute atomic E-state index is 13.6. The zero-order valence-corrected chi connectivity index (χ0v) is 20.7. The van der Waals surface area contributed by atoms with Crippen LogP contribution in [0.2, 0.25) is 0 Å². The number of pyridine rings is 1. The van der Waals surface area contributed by atoms with Crippen LogP contribution in [0.4, 0.5) is 0 Å². The molecule has 1 aromatic heterocycles. The van der Waals surface area contributed by atoms with Gasteiger partial charge in [0.2, 0.25) is 0 Å². The summed E-state index contributed by atoms with van der Waals surface area (Å²) in [5.41, 5.74) is 1.78. The summed E-state index contributed by atoms with van der Waals surface area (Å²) in [4.78, 5) is 29.1. The second-order valence-corrected chi connectivity index (χ2v) is 9.15. The first kappa shape index (κ1) is 25.3. The van der Waals surface area contributed by atoms with Crippen LogP contribution in [0.15, 0.2) is 40.0 Å². The van der Waals surface area contributed by atoms with Crippen LogP contribution in [-0.2, 0) is 20.8 Å². The van der Waals surface area contributed by atoms with Crippen LogP contribution in [0.3, 0.4) is 0 Å². The SMILES string of the molecule is CCOC(=O)C1CCN([C@H](c2ccc(SC)cc2)c2c(O)cc(C)n(CCOC)c2=O)CC1. The Morgan fingerprint density at radius 1 is 1.24 bits per heavy atom. The van der Waals surface area contributed by atoms with Crippen LogP contribution in [0.5, 0.6) is 5.75 Å². The number of methoxy groups -OCH3 is 1. The number of rotatable bonds is 9. The fourth-order valence-electron chi connectivity index (χ4n) is 4.49. The van der Waals surface area contributed by atoms with Gasteiger partial charge in [-0.05, 0) is 69.8 Å². The highest BCUT2D eigenvalue weighted by Gasteiger charge is 2.34. The summed E-state index contributed by atoms with van der Waals surface area (Å²) in [7, 11) is 1.60. The van der Waals surface area contributed by atoms with Crippen LogP contribution in [0.25, 0.3) is 0 Å². The second kappa shape index (κ2) is 11.7. The van der Waals surface area contributed by atoms with Gasteiger partial charge in [0.1, 0.15) is 5.75 Å². The molecule has 1 aromatic carbocycles. The summed E-state index contributed by atoms with van der Waals surface area (Å²) in [6.07, 6.45) is 3.33. The molecule has 0 saturated carbocycles. The lowest BCUT2D eigenvalue weighted by molar-refractivity contribution is -0.149. The van der Waals surface area contributed by atoms with E-state index in [0.29, 0.717) is 56.9 Å². The lowest BCUT2D eigenvalue weighted by Crippen LogP contribution is -2.42. The number of ether oxygens (including phenoxy) is 2. The third-order valence-electron chi connectivity index (χ3n) is 6.26. The summed E-state index contributed by atoms with van der Waals surface area (Å²) >= 11 is 1.65. The number of aromatic hydroxyl groups is 1. The van der Waals surface area contributed by atoms with E-state index in [1.807, 2.05) is 44.4 Å². The molecule has 0 aliphatic carbocycles. The molecule has 0 spiro atoms. The first-order valence-corrected chi connectivity index (χ1v) is 12.6. The number of piperidine rings is 1. The smallest absolute Gasteiger partial charge is 0.309 e. The fourth-order valence-corrected chi connectivity index (χ4v) is 4.89. The Hall–Kier alpha value is -2.29. The molecule has 7 nitrogen and oxygen atoms in total. The maximum Gasteiger partial charge on any atom is 0.309 e. The average Bonchev–Trinajstić information content (AvgIpc) is 2.82. The van der Waals surface area contributed by atoms with Crippen molar-refractivity contribution < 1.29 is 19.4 Å². The lowest BCUT2D eigenvalue weighted by Gasteiger charge is -2.37. The zero-order chi connectivity index (χ0) is 24.0. The van der Waals surface area contributed by atoms with Gasteiger partial charge in [0.15, 0.2) is 0 Å². The molecular weight excluding hydrogens is 440 g/mol. The number of hydrogen-bond acceptors (Lipinski definition) is 7. The van der Waals surface area contributed by atoms with Crippen LogP contribution in [0, 0.1) is 12.8 Å². The molecule has 3 rings (SSSR count). The van der Waals surface area contributed by atoms with Gasteiger partial charge < -0.3 is 19.1 Å². The molecule has 1 aliphatic rings. The standard InChI is InChI=1S/C25H34N2O5S/c1-5-32-25(30)19-10-12-26(13-11-19)23(18-6-8-20(33-4)9-7-18)22-21(28)16-17(2)27(24(22)29)14-15-31-3/h6-9,16,19,23,28H,5,10-15H2,1-4H3/t23-/m1/s1. The second-order valence-electron chi connectivity index (χ2n) is 8.27. The minimum Gasteiger partial charge on any atom is -0.507 e. The predicted molar refractivity (Wildman–Crippen MR) is 130 cm³/mol. The minimum atomic E-state index is -0.411. The molecule has 0 unspecified atom stereocenters. The Balaban J connectivity index is 2.02. The van der Waals surface area contributed by atoms with Crippen molar-refractivity contribution in [2.45, 2.75) is 44.2 Å². The van der Waals surface area contributed by atoms with Crippen molar-refractivity contribution in [1.29, 1.82) is 0 Å². The van der Waals surface area contributed by atoms with Gasteiger partial charge in [-0.15, -0.1) is 11.8 Å². The average molecular weight is 475 g/mol. The number of benzene rings is 1. The van der Waals surface area contributed by atoms with Crippen molar-refractivity contribution in [3.63, 3.8) is 0 Å². The van der Waals surface area contributed by atoms with Gasteiger partial charge in [-0.3, -0.25) is 14.5 Å². The number of carbonyl (C=O) groups is 1. The molecule has 0 amide bonds. The summed E-state index contributed by atoms with van der Waals surface area (Å²) in [5.74, 6) is -0.290. The van der Waals surface area contributed by atoms with Crippen molar-refractivity contribution in [1.82, 2.24) is 9.47 Å². The van der Waals surface area contributed by atoms with Gasteiger partial charge in [-0.25, -0.2) is 0 Å². The van der Waals surface area contributed by atoms with E-state index in [2.05, 4.69) is 4.90 Å². The first-order chi connectivity index (χ1) is 15.9. The Kier molecular flexibility index (Phi) is 9.00. The number of aromatic nitrogens is 1. The van der Waals surface area contributed by atoms with Gasteiger partial charge in [-0.2, -0.15) is 0 Å². The maximum atomic E-state index is 13.6. The van der Waals surface area contributed by atoms with Gasteiger partial charge in [0.05, 0.1) is 30.7 Å². The Bertz CT molecular complexity index is 997. The van der Waals surface area contributed by atoms with Crippen molar-refractivity contribution in [3.8, 4) is 5.75 Å². The molecule has 0 bridgehead atoms. The number of likely N-dealkylation sites (tertiary alicyclic amines) is 1. The highest BCUT2D eigenvalue weighted by atomic mass is 32.2. The summed E-state index contributed by atoms with van der Waals surface area (Å²) in [6.45, 7) is 6.08. The predicted octanol–water partition coefficient (Wildman–Crippen LogP) is 3.60. The topological polar surface area (TPSA) is 81.0 Å². The summed E-state index contributed by atoms with van der Waals surface area (Å²) in [6, 6.07) is 9.35. The van der Waals surface area contributed by atoms with E-state index in [1.54, 1.807) is 29.5 Å². The van der Waals surface area contributed by atoms with Crippen molar-refractivity contribution in [3.05, 3.63) is 57.5 Å². The minimum absolute atomic E-state index is 0.00220. The molecule has 180 valence electrons. The zero-order valence-electron chi connectivity index (χ0n) is 19.9. The van der Waals surface area contributed by atoms with Gasteiger partial charge in [0, 0.05) is 24.2 Å². The van der Waals surface area contributed by atoms with Crippen molar-refractivity contribution >= 4 is 17.7 Å². The van der Waals surface area contributed by atoms with Gasteiger partial charge >= 0.3 is 5.97 Å². The third-order valence-corrected chi connectivity index (χ3v) is 7.01. The number of nitrogens with zero attached hydrogens (tertiary/aromatic N) is 2. The molecule has 1 saturated heterocycles. The van der Waals surface area contributed by atoms with Crippen molar-refractivity contribution in [2.75, 3.05) is 39.7 Å². The molecule has 2 heterocycles. The van der Waals surface area contributed by atoms with Gasteiger partial charge in [0.25, 0.3) is 5.56 Å². The lowest BCUT2D eigenvalue weighted by atomic mass is 9.91. The van der Waals surface area contributed by atoms with Gasteiger partial charge in [-0.1, -0.05) is 12.1 Å². The van der Waals surface area contributed by atoms with Crippen molar-refractivity contribution in [2.24, 2.45) is 5.92 Å². The van der Waals surface area contributed by atoms with Crippen LogP contribution in [0.1, 0.15) is 42.6 Å². The highest BCUT2D eigenvalue weighted by Crippen LogP contribution is 2.36. The van der Waals surface area contributed by atoms with Crippen LogP contribution >= 0.6 is 11.8 Å². The molecule has 1 aliphatic heterocycles. The molecule has 2 aromatic rings. The highest BCUT2D eigenvalue weighted by molar-refractivity contribution is 7.98. The molecule has 1 fully saturated rings. The normalized spacial score (nSPS) is 16.0. The quantitative estimate of drug-likeness (QED) is 0.439. The van der Waals surface area contributed by atoms with E-state index < -0.39 is 6.04 Å². The first-order valence-electron chi connectivity index (χ1n) is 11.4. The number of hydrogen-bond donors (Lipinski definition) is 1.